The number of pyridine rings is 1. The molecule has 170 valence electrons. The van der Waals surface area contributed by atoms with Gasteiger partial charge in [-0.1, -0.05) is 42.8 Å². The van der Waals surface area contributed by atoms with Crippen molar-refractivity contribution in [2.75, 3.05) is 31.5 Å². The van der Waals surface area contributed by atoms with Gasteiger partial charge in [0.1, 0.15) is 11.3 Å². The molecule has 2 fully saturated rings. The molecule has 4 unspecified atom stereocenters. The SMILES string of the molecule is CC1C2C=CC(C2)C1Nc1c(Cl)cnc2nc(-c3cccc(C(=O)N4CCNCC4)c3)[nH]c12. The number of amides is 1. The third-order valence-corrected chi connectivity index (χ3v) is 7.71. The first-order valence-corrected chi connectivity index (χ1v) is 12.1. The molecule has 3 aliphatic rings. The second-order valence-electron chi connectivity index (χ2n) is 9.37. The molecule has 2 aromatic heterocycles. The highest BCUT2D eigenvalue weighted by Gasteiger charge is 2.42. The molecule has 3 aromatic rings. The number of benzene rings is 1. The summed E-state index contributed by atoms with van der Waals surface area (Å²) in [5.74, 6) is 2.44. The Kier molecular flexibility index (Phi) is 5.11. The summed E-state index contributed by atoms with van der Waals surface area (Å²) in [4.78, 5) is 27.5. The molecule has 1 aliphatic heterocycles. The van der Waals surface area contributed by atoms with Crippen LogP contribution in [0.15, 0.2) is 42.6 Å². The summed E-state index contributed by atoms with van der Waals surface area (Å²) in [6, 6.07) is 7.97. The first kappa shape index (κ1) is 20.7. The van der Waals surface area contributed by atoms with E-state index in [9.17, 15) is 4.79 Å². The van der Waals surface area contributed by atoms with Crippen molar-refractivity contribution in [2.45, 2.75) is 19.4 Å². The zero-order valence-corrected chi connectivity index (χ0v) is 19.3. The van der Waals surface area contributed by atoms with E-state index < -0.39 is 0 Å². The van der Waals surface area contributed by atoms with Crippen LogP contribution in [0.25, 0.3) is 22.6 Å². The van der Waals surface area contributed by atoms with Crippen LogP contribution in [0, 0.1) is 17.8 Å². The summed E-state index contributed by atoms with van der Waals surface area (Å²) >= 11 is 6.59. The lowest BCUT2D eigenvalue weighted by molar-refractivity contribution is 0.0736. The smallest absolute Gasteiger partial charge is 0.253 e. The lowest BCUT2D eigenvalue weighted by Crippen LogP contribution is -2.46. The van der Waals surface area contributed by atoms with Crippen molar-refractivity contribution < 1.29 is 4.79 Å². The number of imidazole rings is 1. The molecule has 3 heterocycles. The Morgan fingerprint density at radius 3 is 2.82 bits per heavy atom. The number of aromatic amines is 1. The number of carbonyl (C=O) groups excluding carboxylic acids is 1. The molecule has 1 aromatic carbocycles. The molecule has 1 amide bonds. The maximum atomic E-state index is 13.0. The normalized spacial score (nSPS) is 26.3. The van der Waals surface area contributed by atoms with E-state index in [0.29, 0.717) is 45.9 Å². The van der Waals surface area contributed by atoms with Gasteiger partial charge in [-0.2, -0.15) is 0 Å². The van der Waals surface area contributed by atoms with Gasteiger partial charge in [-0.15, -0.1) is 0 Å². The number of hydrogen-bond donors (Lipinski definition) is 3. The largest absolute Gasteiger partial charge is 0.378 e. The maximum absolute atomic E-state index is 13.0. The molecule has 4 atom stereocenters. The number of halogens is 1. The molecular formula is C25H27ClN6O. The minimum atomic E-state index is 0.0521. The Labute approximate surface area is 197 Å². The number of H-pyrrole nitrogens is 1. The lowest BCUT2D eigenvalue weighted by Gasteiger charge is -2.27. The van der Waals surface area contributed by atoms with Crippen LogP contribution >= 0.6 is 11.6 Å². The third-order valence-electron chi connectivity index (χ3n) is 7.42. The topological polar surface area (TPSA) is 85.9 Å². The number of rotatable bonds is 4. The first-order chi connectivity index (χ1) is 16.1. The number of piperazine rings is 1. The van der Waals surface area contributed by atoms with Gasteiger partial charge >= 0.3 is 0 Å². The maximum Gasteiger partial charge on any atom is 0.253 e. The molecule has 7 nitrogen and oxygen atoms in total. The monoisotopic (exact) mass is 462 g/mol. The summed E-state index contributed by atoms with van der Waals surface area (Å²) in [6.45, 7) is 5.41. The van der Waals surface area contributed by atoms with Gasteiger partial charge in [-0.05, 0) is 36.3 Å². The fraction of sp³-hybridized carbons (Fsp3) is 0.400. The summed E-state index contributed by atoms with van der Waals surface area (Å²) in [5, 5.41) is 7.58. The number of anilines is 1. The van der Waals surface area contributed by atoms with E-state index in [2.05, 4.69) is 39.7 Å². The minimum Gasteiger partial charge on any atom is -0.378 e. The van der Waals surface area contributed by atoms with Crippen molar-refractivity contribution in [3.05, 3.63) is 53.2 Å². The molecule has 0 spiro atoms. The van der Waals surface area contributed by atoms with Gasteiger partial charge in [0.25, 0.3) is 5.91 Å². The van der Waals surface area contributed by atoms with Crippen LogP contribution in [0.1, 0.15) is 23.7 Å². The van der Waals surface area contributed by atoms with E-state index >= 15 is 0 Å². The van der Waals surface area contributed by atoms with Crippen LogP contribution in [-0.2, 0) is 0 Å². The number of carbonyl (C=O) groups is 1. The molecular weight excluding hydrogens is 436 g/mol. The molecule has 3 N–H and O–H groups in total. The van der Waals surface area contributed by atoms with Gasteiger partial charge in [0, 0.05) is 43.3 Å². The average molecular weight is 463 g/mol. The number of nitrogens with one attached hydrogen (secondary N) is 3. The first-order valence-electron chi connectivity index (χ1n) is 11.7. The molecule has 8 heteroatoms. The van der Waals surface area contributed by atoms with Gasteiger partial charge in [-0.3, -0.25) is 4.79 Å². The van der Waals surface area contributed by atoms with E-state index in [1.54, 1.807) is 6.20 Å². The summed E-state index contributed by atoms with van der Waals surface area (Å²) in [7, 11) is 0. The van der Waals surface area contributed by atoms with Gasteiger partial charge in [0.05, 0.1) is 16.9 Å². The van der Waals surface area contributed by atoms with Gasteiger partial charge < -0.3 is 20.5 Å². The highest BCUT2D eigenvalue weighted by Crippen LogP contribution is 2.45. The Bertz CT molecular complexity index is 1250. The summed E-state index contributed by atoms with van der Waals surface area (Å²) in [5.41, 5.74) is 3.79. The third kappa shape index (κ3) is 3.60. The number of aromatic nitrogens is 3. The van der Waals surface area contributed by atoms with Crippen LogP contribution < -0.4 is 10.6 Å². The van der Waals surface area contributed by atoms with E-state index in [4.69, 9.17) is 16.6 Å². The standard InChI is InChI=1S/C25H27ClN6O/c1-14-15-5-6-16(11-15)20(14)29-21-19(26)13-28-24-22(21)30-23(31-24)17-3-2-4-18(12-17)25(33)32-9-7-27-8-10-32/h2-6,12-16,20,27H,7-11H2,1H3,(H2,28,29,30,31). The Morgan fingerprint density at radius 1 is 1.21 bits per heavy atom. The van der Waals surface area contributed by atoms with Crippen LogP contribution in [-0.4, -0.2) is 58.0 Å². The van der Waals surface area contributed by atoms with Gasteiger partial charge in [0.15, 0.2) is 5.65 Å². The van der Waals surface area contributed by atoms with Crippen molar-refractivity contribution in [3.63, 3.8) is 0 Å². The fourth-order valence-corrected chi connectivity index (χ4v) is 5.73. The average Bonchev–Trinajstić information content (AvgIpc) is 3.57. The number of allylic oxidation sites excluding steroid dienone is 1. The minimum absolute atomic E-state index is 0.0521. The quantitative estimate of drug-likeness (QED) is 0.511. The zero-order valence-electron chi connectivity index (χ0n) is 18.5. The predicted molar refractivity (Wildman–Crippen MR) is 130 cm³/mol. The second-order valence-corrected chi connectivity index (χ2v) is 9.77. The van der Waals surface area contributed by atoms with Gasteiger partial charge in [0.2, 0.25) is 0 Å². The molecule has 1 saturated heterocycles. The number of hydrogen-bond acceptors (Lipinski definition) is 5. The van der Waals surface area contributed by atoms with Crippen molar-refractivity contribution in [2.24, 2.45) is 17.8 Å². The zero-order chi connectivity index (χ0) is 22.5. The Hall–Kier alpha value is -2.90. The van der Waals surface area contributed by atoms with Crippen molar-refractivity contribution in [3.8, 4) is 11.4 Å². The highest BCUT2D eigenvalue weighted by molar-refractivity contribution is 6.34. The lowest BCUT2D eigenvalue weighted by atomic mass is 9.90. The van der Waals surface area contributed by atoms with Crippen LogP contribution in [0.3, 0.4) is 0 Å². The number of nitrogens with zero attached hydrogens (tertiary/aromatic N) is 3. The predicted octanol–water partition coefficient (Wildman–Crippen LogP) is 3.95. The van der Waals surface area contributed by atoms with Crippen LogP contribution in [0.4, 0.5) is 5.69 Å². The molecule has 6 rings (SSSR count). The Balaban J connectivity index is 1.32. The molecule has 1 saturated carbocycles. The highest BCUT2D eigenvalue weighted by atomic mass is 35.5. The van der Waals surface area contributed by atoms with Crippen molar-refractivity contribution >= 4 is 34.4 Å². The van der Waals surface area contributed by atoms with E-state index in [0.717, 1.165) is 42.9 Å². The molecule has 33 heavy (non-hydrogen) atoms. The van der Waals surface area contributed by atoms with E-state index in [-0.39, 0.29) is 5.91 Å². The van der Waals surface area contributed by atoms with Crippen molar-refractivity contribution in [1.82, 2.24) is 25.2 Å². The number of fused-ring (bicyclic) bond motifs is 3. The summed E-state index contributed by atoms with van der Waals surface area (Å²) < 4.78 is 0. The fourth-order valence-electron chi connectivity index (χ4n) is 5.54. The molecule has 2 bridgehead atoms. The van der Waals surface area contributed by atoms with Gasteiger partial charge in [-0.25, -0.2) is 9.97 Å². The van der Waals surface area contributed by atoms with Crippen LogP contribution in [0.2, 0.25) is 5.02 Å². The van der Waals surface area contributed by atoms with Crippen molar-refractivity contribution in [1.29, 1.82) is 0 Å². The van der Waals surface area contributed by atoms with E-state index in [1.165, 1.54) is 6.42 Å². The molecule has 0 radical (unpaired) electrons. The van der Waals surface area contributed by atoms with Crippen LogP contribution in [0.5, 0.6) is 0 Å². The summed E-state index contributed by atoms with van der Waals surface area (Å²) in [6.07, 6.45) is 7.54. The van der Waals surface area contributed by atoms with E-state index in [1.807, 2.05) is 29.2 Å². The second kappa shape index (κ2) is 8.15. The Morgan fingerprint density at radius 2 is 2.03 bits per heavy atom. The molecule has 2 aliphatic carbocycles.